The van der Waals surface area contributed by atoms with Crippen LogP contribution in [-0.4, -0.2) is 45.9 Å². The first kappa shape index (κ1) is 16.8. The van der Waals surface area contributed by atoms with Crippen LogP contribution in [0.15, 0.2) is 22.7 Å². The van der Waals surface area contributed by atoms with Gasteiger partial charge in [0.25, 0.3) is 0 Å². The van der Waals surface area contributed by atoms with E-state index in [2.05, 4.69) is 57.6 Å². The highest BCUT2D eigenvalue weighted by Gasteiger charge is 2.05. The van der Waals surface area contributed by atoms with Gasteiger partial charge in [-0.15, -0.1) is 0 Å². The first-order valence-corrected chi connectivity index (χ1v) is 8.56. The second kappa shape index (κ2) is 9.64. The lowest BCUT2D eigenvalue weighted by Gasteiger charge is -2.20. The van der Waals surface area contributed by atoms with E-state index in [0.29, 0.717) is 0 Å². The zero-order valence-corrected chi connectivity index (χ0v) is 14.3. The van der Waals surface area contributed by atoms with E-state index in [-0.39, 0.29) is 0 Å². The molecule has 0 amide bonds. The minimum atomic E-state index is 0.743. The van der Waals surface area contributed by atoms with Crippen LogP contribution in [0.1, 0.15) is 5.56 Å². The van der Waals surface area contributed by atoms with Crippen LogP contribution in [0.25, 0.3) is 0 Å². The van der Waals surface area contributed by atoms with Crippen LogP contribution in [-0.2, 0) is 11.3 Å². The molecule has 3 nitrogen and oxygen atoms in total. The predicted octanol–water partition coefficient (Wildman–Crippen LogP) is 2.98. The number of hydrogen-bond acceptors (Lipinski definition) is 4. The highest BCUT2D eigenvalue weighted by molar-refractivity contribution is 9.10. The largest absolute Gasteiger partial charge is 0.383 e. The van der Waals surface area contributed by atoms with Crippen LogP contribution in [0.4, 0.5) is 5.69 Å². The number of anilines is 1. The SMILES string of the molecule is COCCNCc1ccc(N(C)CCSC)cc1Br. The molecule has 0 spiro atoms. The third-order valence-corrected chi connectivity index (χ3v) is 4.24. The molecule has 0 atom stereocenters. The number of thioether (sulfide) groups is 1. The fraction of sp³-hybridized carbons (Fsp3) is 0.571. The van der Waals surface area contributed by atoms with Crippen LogP contribution in [0.2, 0.25) is 0 Å². The van der Waals surface area contributed by atoms with Crippen molar-refractivity contribution in [2.75, 3.05) is 50.8 Å². The van der Waals surface area contributed by atoms with E-state index in [1.165, 1.54) is 11.3 Å². The lowest BCUT2D eigenvalue weighted by Crippen LogP contribution is -2.21. The minimum Gasteiger partial charge on any atom is -0.383 e. The van der Waals surface area contributed by atoms with E-state index in [9.17, 15) is 0 Å². The molecule has 108 valence electrons. The smallest absolute Gasteiger partial charge is 0.0587 e. The Morgan fingerprint density at radius 2 is 2.21 bits per heavy atom. The van der Waals surface area contributed by atoms with Crippen molar-refractivity contribution in [1.29, 1.82) is 0 Å². The molecule has 5 heteroatoms. The Bertz CT molecular complexity index is 376. The van der Waals surface area contributed by atoms with E-state index < -0.39 is 0 Å². The number of methoxy groups -OCH3 is 1. The fourth-order valence-corrected chi connectivity index (χ4v) is 2.63. The van der Waals surface area contributed by atoms with Crippen molar-refractivity contribution >= 4 is 33.4 Å². The molecule has 0 heterocycles. The average molecular weight is 347 g/mol. The molecule has 0 radical (unpaired) electrons. The molecule has 0 unspecified atom stereocenters. The summed E-state index contributed by atoms with van der Waals surface area (Å²) in [6.07, 6.45) is 2.14. The number of hydrogen-bond donors (Lipinski definition) is 1. The Labute approximate surface area is 129 Å². The van der Waals surface area contributed by atoms with Gasteiger partial charge >= 0.3 is 0 Å². The van der Waals surface area contributed by atoms with Gasteiger partial charge in [0.2, 0.25) is 0 Å². The molecule has 1 rings (SSSR count). The van der Waals surface area contributed by atoms with E-state index in [1.54, 1.807) is 7.11 Å². The van der Waals surface area contributed by atoms with Crippen LogP contribution >= 0.6 is 27.7 Å². The standard InChI is InChI=1S/C14H23BrN2OS/c1-17(7-9-19-3)13-5-4-12(14(15)10-13)11-16-6-8-18-2/h4-5,10,16H,6-9,11H2,1-3H3. The van der Waals surface area contributed by atoms with Gasteiger partial charge in [-0.25, -0.2) is 0 Å². The zero-order chi connectivity index (χ0) is 14.1. The van der Waals surface area contributed by atoms with Gasteiger partial charge in [0, 0.05) is 49.7 Å². The van der Waals surface area contributed by atoms with Gasteiger partial charge in [0.1, 0.15) is 0 Å². The van der Waals surface area contributed by atoms with Crippen molar-refractivity contribution in [3.63, 3.8) is 0 Å². The predicted molar refractivity (Wildman–Crippen MR) is 89.4 cm³/mol. The zero-order valence-electron chi connectivity index (χ0n) is 11.9. The first-order valence-electron chi connectivity index (χ1n) is 6.37. The van der Waals surface area contributed by atoms with Crippen molar-refractivity contribution < 1.29 is 4.74 Å². The second-order valence-corrected chi connectivity index (χ2v) is 6.20. The molecule has 1 aromatic carbocycles. The maximum Gasteiger partial charge on any atom is 0.0587 e. The van der Waals surface area contributed by atoms with Crippen molar-refractivity contribution in [3.05, 3.63) is 28.2 Å². The number of nitrogens with one attached hydrogen (secondary N) is 1. The summed E-state index contributed by atoms with van der Waals surface area (Å²) >= 11 is 5.52. The van der Waals surface area contributed by atoms with Gasteiger partial charge in [-0.2, -0.15) is 11.8 Å². The monoisotopic (exact) mass is 346 g/mol. The van der Waals surface area contributed by atoms with Crippen LogP contribution in [0.3, 0.4) is 0 Å². The molecule has 19 heavy (non-hydrogen) atoms. The van der Waals surface area contributed by atoms with Gasteiger partial charge < -0.3 is 15.0 Å². The summed E-state index contributed by atoms with van der Waals surface area (Å²) in [6, 6.07) is 6.54. The molecule has 0 aromatic heterocycles. The van der Waals surface area contributed by atoms with Gasteiger partial charge in [-0.3, -0.25) is 0 Å². The summed E-state index contributed by atoms with van der Waals surface area (Å²) in [5, 5.41) is 3.35. The van der Waals surface area contributed by atoms with Crippen LogP contribution < -0.4 is 10.2 Å². The first-order chi connectivity index (χ1) is 9.19. The van der Waals surface area contributed by atoms with Gasteiger partial charge in [-0.1, -0.05) is 22.0 Å². The molecule has 0 aliphatic carbocycles. The van der Waals surface area contributed by atoms with Crippen molar-refractivity contribution in [2.45, 2.75) is 6.54 Å². The molecule has 1 N–H and O–H groups in total. The summed E-state index contributed by atoms with van der Waals surface area (Å²) < 4.78 is 6.17. The van der Waals surface area contributed by atoms with Gasteiger partial charge in [0.15, 0.2) is 0 Å². The highest BCUT2D eigenvalue weighted by Crippen LogP contribution is 2.23. The van der Waals surface area contributed by atoms with E-state index >= 15 is 0 Å². The van der Waals surface area contributed by atoms with Crippen molar-refractivity contribution in [2.24, 2.45) is 0 Å². The Kier molecular flexibility index (Phi) is 8.53. The summed E-state index contributed by atoms with van der Waals surface area (Å²) in [4.78, 5) is 2.28. The van der Waals surface area contributed by atoms with E-state index in [0.717, 1.165) is 36.5 Å². The Morgan fingerprint density at radius 1 is 1.42 bits per heavy atom. The summed E-state index contributed by atoms with van der Waals surface area (Å²) in [5.41, 5.74) is 2.53. The highest BCUT2D eigenvalue weighted by atomic mass is 79.9. The topological polar surface area (TPSA) is 24.5 Å². The molecule has 1 aromatic rings. The number of rotatable bonds is 9. The molecule has 0 saturated heterocycles. The summed E-state index contributed by atoms with van der Waals surface area (Å²) in [7, 11) is 3.85. The quantitative estimate of drug-likeness (QED) is 0.694. The molecular weight excluding hydrogens is 324 g/mol. The Morgan fingerprint density at radius 3 is 2.84 bits per heavy atom. The second-order valence-electron chi connectivity index (χ2n) is 4.36. The van der Waals surface area contributed by atoms with Crippen LogP contribution in [0.5, 0.6) is 0 Å². The third-order valence-electron chi connectivity index (χ3n) is 2.91. The molecule has 0 fully saturated rings. The molecule has 0 aliphatic rings. The summed E-state index contributed by atoms with van der Waals surface area (Å²) in [5.74, 6) is 1.15. The normalized spacial score (nSPS) is 10.7. The average Bonchev–Trinajstić information content (AvgIpc) is 2.42. The van der Waals surface area contributed by atoms with Gasteiger partial charge in [0.05, 0.1) is 6.61 Å². The number of nitrogens with zero attached hydrogens (tertiary/aromatic N) is 1. The Balaban J connectivity index is 2.53. The maximum atomic E-state index is 5.02. The summed E-state index contributed by atoms with van der Waals surface area (Å²) in [6.45, 7) is 3.54. The van der Waals surface area contributed by atoms with Gasteiger partial charge in [-0.05, 0) is 24.0 Å². The molecule has 0 saturated carbocycles. The van der Waals surface area contributed by atoms with E-state index in [4.69, 9.17) is 4.74 Å². The lowest BCUT2D eigenvalue weighted by molar-refractivity contribution is 0.199. The molecule has 0 aliphatic heterocycles. The van der Waals surface area contributed by atoms with E-state index in [1.807, 2.05) is 11.8 Å². The van der Waals surface area contributed by atoms with Crippen LogP contribution in [0, 0.1) is 0 Å². The maximum absolute atomic E-state index is 5.02. The fourth-order valence-electron chi connectivity index (χ4n) is 1.67. The Hall–Kier alpha value is -0.230. The minimum absolute atomic E-state index is 0.743. The van der Waals surface area contributed by atoms with Crippen molar-refractivity contribution in [3.8, 4) is 0 Å². The number of benzene rings is 1. The van der Waals surface area contributed by atoms with Crippen molar-refractivity contribution in [1.82, 2.24) is 5.32 Å². The molecular formula is C14H23BrN2OS. The number of ether oxygens (including phenoxy) is 1. The third kappa shape index (κ3) is 6.17. The molecule has 0 bridgehead atoms. The lowest BCUT2D eigenvalue weighted by atomic mass is 10.2. The number of halogens is 1.